The zero-order chi connectivity index (χ0) is 108. The molecule has 5 heteroatoms. The Kier molecular flexibility index (Phi) is 21.1. The normalized spacial score (nSPS) is 14.7. The molecule has 708 valence electrons. The molecule has 4 heterocycles. The van der Waals surface area contributed by atoms with Gasteiger partial charge in [0.1, 0.15) is 0 Å². The van der Waals surface area contributed by atoms with E-state index in [1.54, 1.807) is 0 Å². The van der Waals surface area contributed by atoms with Gasteiger partial charge in [0.15, 0.2) is 0 Å². The van der Waals surface area contributed by atoms with E-state index in [-0.39, 0.29) is 10.8 Å². The number of hydrogen-bond donors (Lipinski definition) is 0. The minimum atomic E-state index is -2.15. The highest BCUT2D eigenvalue weighted by molar-refractivity contribution is 7.00. The van der Waals surface area contributed by atoms with E-state index < -0.39 is 65.7 Å². The summed E-state index contributed by atoms with van der Waals surface area (Å²) in [5.41, 5.74) is 27.2. The molecular formula is C137H137BN4. The summed E-state index contributed by atoms with van der Waals surface area (Å²) >= 11 is 0. The number of aromatic nitrogens is 2. The summed E-state index contributed by atoms with van der Waals surface area (Å²) in [6.07, 6.45) is -8.33. The average Bonchev–Trinajstić information content (AvgIpc) is 0.823. The number of fused-ring (bicyclic) bond motifs is 10. The quantitative estimate of drug-likeness (QED) is 0.0750. The lowest BCUT2D eigenvalue weighted by atomic mass is 9.33. The van der Waals surface area contributed by atoms with Gasteiger partial charge in [0, 0.05) is 80.5 Å². The highest BCUT2D eigenvalue weighted by Gasteiger charge is 2.46. The Labute approximate surface area is 859 Å². The summed E-state index contributed by atoms with van der Waals surface area (Å²) in [4.78, 5) is 4.87. The molecule has 0 aliphatic carbocycles. The van der Waals surface area contributed by atoms with E-state index in [2.05, 4.69) is 376 Å². The van der Waals surface area contributed by atoms with E-state index in [9.17, 15) is 13.7 Å². The van der Waals surface area contributed by atoms with E-state index in [0.717, 1.165) is 183 Å². The molecule has 4 nitrogen and oxygen atoms in total. The standard InChI is InChI=1S/C137H137BN4/c1-131(2,3)82-89-38-34-50-102(66-89)110-80-124(112(76-106(110)87-136(16,17)18)104-52-36-40-91(68-104)84-133(7,8)9)141-126-78-108(139-120-62-54-98(94-42-26-22-27-43-94)72-114(120)115-73-99(55-63-121(115)139)95-44-28-23-29-45-95)58-60-118(126)138-119-61-59-109(140-122-64-56-100(96-46-30-24-31-47-96)74-116(122)117-75-101(57-65-123(117)140)97-48-32-25-33-49-97)79-127(119)142(129-71-93(86-135(13,14)15)70-128(141)130(129)138)125-81-111(103-51-35-39-90(67-103)83-132(4,5)6)107(88-137(19,20)21)77-113(125)105-53-37-41-92(69-105)85-134(10,11)12/h22-81H,82-88H2,1-21H3/i82D2,83D2,84D2,85D2,86D2. The van der Waals surface area contributed by atoms with Crippen molar-refractivity contribution in [1.82, 2.24) is 9.13 Å². The van der Waals surface area contributed by atoms with Crippen LogP contribution in [-0.2, 0) is 44.7 Å². The molecule has 142 heavy (non-hydrogen) atoms. The van der Waals surface area contributed by atoms with Crippen molar-refractivity contribution in [3.63, 3.8) is 0 Å². The van der Waals surface area contributed by atoms with Crippen LogP contribution in [0.25, 0.3) is 144 Å². The molecule has 0 saturated heterocycles. The summed E-state index contributed by atoms with van der Waals surface area (Å²) in [7, 11) is 0. The molecule has 2 aliphatic rings. The molecule has 21 rings (SSSR count). The van der Waals surface area contributed by atoms with E-state index in [1.807, 2.05) is 152 Å². The van der Waals surface area contributed by atoms with E-state index in [1.165, 1.54) is 0 Å². The SMILES string of the molecule is [2H]C([2H])(c1cccc(-c2cc(N3c4cc(-n5c6ccc(-c7ccccc7)cc6c6cc(-c7ccccc7)ccc65)ccc4B4c5ccc(-n6c7ccc(-c8ccccc8)cc7c7cc(-c8ccccc8)ccc76)cc5N(c5cc(-c6cccc(C([2H])([2H])C(C)(C)C)c6)c(CC(C)(C)C)cc5-c5cccc(C([2H])([2H])C(C)(C)C)c5)c5cc(C([2H])([2H])C(C)(C)C)cc3c54)c(-c3cccc(C([2H])([2H])C(C)(C)C)c3)cc2CC(C)(C)C)c1)C(C)(C)C. The number of rotatable bonds is 19. The average molecular weight is 1860 g/mol. The van der Waals surface area contributed by atoms with Crippen LogP contribution in [0.1, 0.15) is 198 Å². The van der Waals surface area contributed by atoms with Crippen molar-refractivity contribution in [3.05, 3.63) is 403 Å². The van der Waals surface area contributed by atoms with Crippen LogP contribution in [-0.4, -0.2) is 15.8 Å². The lowest BCUT2D eigenvalue weighted by Crippen LogP contribution is -2.61. The molecule has 19 aromatic rings. The van der Waals surface area contributed by atoms with Gasteiger partial charge in [-0.05, 0) is 325 Å². The Morgan fingerprint density at radius 1 is 0.204 bits per heavy atom. The van der Waals surface area contributed by atoms with Crippen molar-refractivity contribution in [2.45, 2.75) is 190 Å². The zero-order valence-corrected chi connectivity index (χ0v) is 86.4. The predicted octanol–water partition coefficient (Wildman–Crippen LogP) is 36.4. The fraction of sp³-hybridized carbons (Fsp3) is 0.255. The minimum absolute atomic E-state index is 0.336. The number of benzene rings is 17. The molecular weight excluding hydrogens is 1710 g/mol. The van der Waals surface area contributed by atoms with Crippen LogP contribution in [0.4, 0.5) is 34.1 Å². The molecule has 2 aliphatic heterocycles. The Hall–Kier alpha value is -14.0. The van der Waals surface area contributed by atoms with Crippen LogP contribution in [0.15, 0.2) is 364 Å². The van der Waals surface area contributed by atoms with Gasteiger partial charge in [-0.1, -0.05) is 400 Å². The molecule has 0 saturated carbocycles. The second kappa shape index (κ2) is 36.2. The smallest absolute Gasteiger partial charge is 0.252 e. The van der Waals surface area contributed by atoms with Crippen LogP contribution in [0.3, 0.4) is 0 Å². The van der Waals surface area contributed by atoms with E-state index >= 15 is 0 Å². The third-order valence-electron chi connectivity index (χ3n) is 27.2. The van der Waals surface area contributed by atoms with Gasteiger partial charge in [0.25, 0.3) is 6.71 Å². The van der Waals surface area contributed by atoms with E-state index in [0.29, 0.717) is 63.4 Å². The van der Waals surface area contributed by atoms with Crippen molar-refractivity contribution in [2.75, 3.05) is 9.80 Å². The molecule has 0 unspecified atom stereocenters. The van der Waals surface area contributed by atoms with Gasteiger partial charge >= 0.3 is 0 Å². The molecule has 0 fully saturated rings. The summed E-state index contributed by atoms with van der Waals surface area (Å²) < 4.78 is 109. The summed E-state index contributed by atoms with van der Waals surface area (Å²) in [6.45, 7) is 42.4. The van der Waals surface area contributed by atoms with E-state index in [4.69, 9.17) is 0 Å². The van der Waals surface area contributed by atoms with Crippen LogP contribution >= 0.6 is 0 Å². The number of nitrogens with zero attached hydrogens (tertiary/aromatic N) is 4. The van der Waals surface area contributed by atoms with Crippen molar-refractivity contribution in [3.8, 4) is 100 Å². The minimum Gasteiger partial charge on any atom is -0.311 e. The maximum absolute atomic E-state index is 11.4. The first-order valence-corrected chi connectivity index (χ1v) is 50.8. The fourth-order valence-electron chi connectivity index (χ4n) is 22.0. The molecule has 0 radical (unpaired) electrons. The summed E-state index contributed by atoms with van der Waals surface area (Å²) in [5, 5.41) is 4.25. The zero-order valence-electron chi connectivity index (χ0n) is 96.4. The topological polar surface area (TPSA) is 16.3 Å². The second-order valence-corrected chi connectivity index (χ2v) is 47.3. The molecule has 17 aromatic carbocycles. The van der Waals surface area contributed by atoms with Gasteiger partial charge in [-0.3, -0.25) is 0 Å². The molecule has 0 amide bonds. The van der Waals surface area contributed by atoms with Crippen molar-refractivity contribution in [2.24, 2.45) is 37.9 Å². The Morgan fingerprint density at radius 3 is 0.746 bits per heavy atom. The molecule has 0 spiro atoms. The first-order valence-electron chi connectivity index (χ1n) is 55.8. The van der Waals surface area contributed by atoms with Crippen molar-refractivity contribution in [1.29, 1.82) is 0 Å². The third-order valence-corrected chi connectivity index (χ3v) is 27.2. The van der Waals surface area contributed by atoms with Crippen molar-refractivity contribution >= 4 is 101 Å². The first kappa shape index (κ1) is 82.7. The molecule has 0 N–H and O–H groups in total. The highest BCUT2D eigenvalue weighted by atomic mass is 15.2. The van der Waals surface area contributed by atoms with Gasteiger partial charge in [0.05, 0.1) is 33.4 Å². The van der Waals surface area contributed by atoms with Gasteiger partial charge in [0.2, 0.25) is 0 Å². The first-order chi connectivity index (χ1) is 71.5. The predicted molar refractivity (Wildman–Crippen MR) is 615 cm³/mol. The van der Waals surface area contributed by atoms with Gasteiger partial charge in [-0.15, -0.1) is 0 Å². The second-order valence-electron chi connectivity index (χ2n) is 47.3. The van der Waals surface area contributed by atoms with Crippen LogP contribution in [0.5, 0.6) is 0 Å². The highest BCUT2D eigenvalue weighted by Crippen LogP contribution is 2.55. The molecule has 0 atom stereocenters. The maximum atomic E-state index is 11.4. The largest absolute Gasteiger partial charge is 0.311 e. The summed E-state index contributed by atoms with van der Waals surface area (Å²) in [6, 6.07) is 130. The van der Waals surface area contributed by atoms with Gasteiger partial charge in [-0.2, -0.15) is 0 Å². The van der Waals surface area contributed by atoms with Crippen LogP contribution in [0, 0.1) is 37.9 Å². The Bertz CT molecular complexity index is 7940. The van der Waals surface area contributed by atoms with Crippen LogP contribution in [0.2, 0.25) is 0 Å². The van der Waals surface area contributed by atoms with Gasteiger partial charge < -0.3 is 18.9 Å². The summed E-state index contributed by atoms with van der Waals surface area (Å²) in [5.74, 6) is 0. The number of anilines is 6. The maximum Gasteiger partial charge on any atom is 0.252 e. The molecule has 0 bridgehead atoms. The third kappa shape index (κ3) is 19.3. The number of hydrogen-bond acceptors (Lipinski definition) is 2. The Morgan fingerprint density at radius 2 is 0.472 bits per heavy atom. The lowest BCUT2D eigenvalue weighted by molar-refractivity contribution is 0.410. The Balaban J connectivity index is 0.967. The van der Waals surface area contributed by atoms with Crippen molar-refractivity contribution < 1.29 is 13.7 Å². The van der Waals surface area contributed by atoms with Crippen LogP contribution < -0.4 is 26.2 Å². The monoisotopic (exact) mass is 1860 g/mol. The fourth-order valence-corrected chi connectivity index (χ4v) is 22.0. The lowest BCUT2D eigenvalue weighted by Gasteiger charge is -2.46. The molecule has 2 aromatic heterocycles. The van der Waals surface area contributed by atoms with Gasteiger partial charge in [-0.25, -0.2) is 0 Å².